The second kappa shape index (κ2) is 10.2. The third-order valence-electron chi connectivity index (χ3n) is 6.48. The van der Waals surface area contributed by atoms with Crippen molar-refractivity contribution in [3.05, 3.63) is 12.2 Å². The van der Waals surface area contributed by atoms with E-state index in [0.717, 1.165) is 19.3 Å². The van der Waals surface area contributed by atoms with Gasteiger partial charge in [0.05, 0.1) is 24.5 Å². The van der Waals surface area contributed by atoms with Crippen molar-refractivity contribution in [2.24, 2.45) is 29.6 Å². The molecule has 164 valence electrons. The van der Waals surface area contributed by atoms with Gasteiger partial charge < -0.3 is 20.6 Å². The molecule has 2 aliphatic rings. The maximum Gasteiger partial charge on any atom is 0.243 e. The van der Waals surface area contributed by atoms with Crippen LogP contribution in [-0.2, 0) is 14.4 Å². The monoisotopic (exact) mass is 407 g/mol. The molecule has 3 amide bonds. The van der Waals surface area contributed by atoms with Crippen LogP contribution in [0.2, 0.25) is 0 Å². The first kappa shape index (κ1) is 23.4. The van der Waals surface area contributed by atoms with Gasteiger partial charge in [-0.05, 0) is 24.7 Å². The summed E-state index contributed by atoms with van der Waals surface area (Å²) in [6.07, 6.45) is 6.51. The lowest BCUT2D eigenvalue weighted by Crippen LogP contribution is -2.54. The molecule has 0 aromatic rings. The molecule has 0 aromatic carbocycles. The summed E-state index contributed by atoms with van der Waals surface area (Å²) in [4.78, 5) is 41.0. The smallest absolute Gasteiger partial charge is 0.243 e. The number of nitrogens with zero attached hydrogens (tertiary/aromatic N) is 1. The van der Waals surface area contributed by atoms with Gasteiger partial charge in [-0.2, -0.15) is 0 Å². The van der Waals surface area contributed by atoms with E-state index in [1.54, 1.807) is 11.9 Å². The fourth-order valence-electron chi connectivity index (χ4n) is 4.83. The van der Waals surface area contributed by atoms with Gasteiger partial charge in [0, 0.05) is 19.5 Å². The number of likely N-dealkylation sites (tertiary alicyclic amines) is 1. The van der Waals surface area contributed by atoms with Crippen molar-refractivity contribution in [1.29, 1.82) is 0 Å². The number of fused-ring (bicyclic) bond motifs is 1. The molecule has 1 heterocycles. The van der Waals surface area contributed by atoms with Crippen molar-refractivity contribution in [3.8, 4) is 0 Å². The molecule has 1 fully saturated rings. The van der Waals surface area contributed by atoms with Gasteiger partial charge in [0.2, 0.25) is 17.7 Å². The molecule has 1 saturated heterocycles. The van der Waals surface area contributed by atoms with Crippen LogP contribution in [-0.4, -0.2) is 60.0 Å². The molecular weight excluding hydrogens is 370 g/mol. The molecule has 0 bridgehead atoms. The number of aliphatic hydroxyl groups is 1. The van der Waals surface area contributed by atoms with Crippen LogP contribution in [0.25, 0.3) is 0 Å². The minimum Gasteiger partial charge on any atom is -0.394 e. The molecular formula is C22H37N3O4. The molecule has 0 unspecified atom stereocenters. The Morgan fingerprint density at radius 2 is 1.90 bits per heavy atom. The van der Waals surface area contributed by atoms with Crippen LogP contribution in [0.1, 0.15) is 47.0 Å². The summed E-state index contributed by atoms with van der Waals surface area (Å²) in [5, 5.41) is 15.7. The molecule has 2 rings (SSSR count). The molecule has 0 saturated carbocycles. The van der Waals surface area contributed by atoms with Gasteiger partial charge >= 0.3 is 0 Å². The first-order valence-electron chi connectivity index (χ1n) is 10.9. The van der Waals surface area contributed by atoms with Crippen molar-refractivity contribution < 1.29 is 19.5 Å². The fraction of sp³-hybridized carbons (Fsp3) is 0.773. The quantitative estimate of drug-likeness (QED) is 0.397. The Labute approximate surface area is 174 Å². The average molecular weight is 408 g/mol. The second-order valence-corrected chi connectivity index (χ2v) is 8.53. The third-order valence-corrected chi connectivity index (χ3v) is 6.48. The van der Waals surface area contributed by atoms with Crippen LogP contribution in [0.3, 0.4) is 0 Å². The summed E-state index contributed by atoms with van der Waals surface area (Å²) in [6, 6.07) is -1.17. The van der Waals surface area contributed by atoms with Crippen LogP contribution in [0.15, 0.2) is 12.2 Å². The summed E-state index contributed by atoms with van der Waals surface area (Å²) in [7, 11) is 1.58. The molecule has 1 aliphatic carbocycles. The molecule has 3 N–H and O–H groups in total. The molecule has 1 aliphatic heterocycles. The number of nitrogens with one attached hydrogen (secondary N) is 2. The van der Waals surface area contributed by atoms with Gasteiger partial charge in [-0.15, -0.1) is 0 Å². The summed E-state index contributed by atoms with van der Waals surface area (Å²) in [5.74, 6) is -2.09. The highest BCUT2D eigenvalue weighted by Gasteiger charge is 2.58. The van der Waals surface area contributed by atoms with E-state index < -0.39 is 23.9 Å². The Bertz CT molecular complexity index is 634. The van der Waals surface area contributed by atoms with Gasteiger partial charge in [-0.1, -0.05) is 46.3 Å². The zero-order valence-corrected chi connectivity index (χ0v) is 18.4. The van der Waals surface area contributed by atoms with Crippen molar-refractivity contribution in [2.75, 3.05) is 20.2 Å². The van der Waals surface area contributed by atoms with Crippen LogP contribution in [0.4, 0.5) is 0 Å². The number of rotatable bonds is 9. The van der Waals surface area contributed by atoms with E-state index in [1.807, 2.05) is 32.9 Å². The topological polar surface area (TPSA) is 98.7 Å². The molecule has 7 nitrogen and oxygen atoms in total. The van der Waals surface area contributed by atoms with E-state index in [9.17, 15) is 19.5 Å². The third kappa shape index (κ3) is 4.49. The molecule has 7 heteroatoms. The Hall–Kier alpha value is -1.89. The van der Waals surface area contributed by atoms with Crippen molar-refractivity contribution >= 4 is 17.7 Å². The van der Waals surface area contributed by atoms with Crippen LogP contribution >= 0.6 is 0 Å². The maximum absolute atomic E-state index is 13.6. The van der Waals surface area contributed by atoms with Crippen LogP contribution in [0.5, 0.6) is 0 Å². The molecule has 6 atom stereocenters. The Kier molecular flexibility index (Phi) is 8.25. The van der Waals surface area contributed by atoms with E-state index in [-0.39, 0.29) is 42.1 Å². The Balaban J connectivity index is 2.48. The highest BCUT2D eigenvalue weighted by molar-refractivity contribution is 5.97. The van der Waals surface area contributed by atoms with Gasteiger partial charge in [-0.3, -0.25) is 14.4 Å². The summed E-state index contributed by atoms with van der Waals surface area (Å²) in [5.41, 5.74) is 0. The van der Waals surface area contributed by atoms with Crippen LogP contribution < -0.4 is 10.6 Å². The maximum atomic E-state index is 13.6. The second-order valence-electron chi connectivity index (χ2n) is 8.53. The first-order valence-corrected chi connectivity index (χ1v) is 10.9. The van der Waals surface area contributed by atoms with Gasteiger partial charge in [0.1, 0.15) is 6.04 Å². The van der Waals surface area contributed by atoms with E-state index in [4.69, 9.17) is 0 Å². The summed E-state index contributed by atoms with van der Waals surface area (Å²) < 4.78 is 0. The van der Waals surface area contributed by atoms with Gasteiger partial charge in [-0.25, -0.2) is 0 Å². The Morgan fingerprint density at radius 1 is 1.21 bits per heavy atom. The predicted molar refractivity (Wildman–Crippen MR) is 112 cm³/mol. The Morgan fingerprint density at radius 3 is 2.41 bits per heavy atom. The summed E-state index contributed by atoms with van der Waals surface area (Å²) >= 11 is 0. The standard InChI is InChI=1S/C22H37N3O4/c1-6-8-11-24-21(28)19-15-10-9-14(7-2)17(20(27)23-5)18(15)22(29)25(19)16(12-26)13(3)4/h9-10,13-19,26H,6-8,11-12H2,1-5H3,(H,23,27)(H,24,28)/t14-,15+,16+,17-,18-,19+/m1/s1. The van der Waals surface area contributed by atoms with Gasteiger partial charge in [0.25, 0.3) is 0 Å². The zero-order valence-electron chi connectivity index (χ0n) is 18.4. The SMILES string of the molecule is CCCCNC(=O)[C@@H]1[C@H]2C=C[C@@H](CC)[C@@H](C(=O)NC)[C@@H]2C(=O)N1[C@@H](CO)C(C)C. The van der Waals surface area contributed by atoms with E-state index in [0.29, 0.717) is 6.54 Å². The lowest BCUT2D eigenvalue weighted by Gasteiger charge is -2.35. The number of allylic oxidation sites excluding steroid dienone is 1. The van der Waals surface area contributed by atoms with Gasteiger partial charge in [0.15, 0.2) is 0 Å². The van der Waals surface area contributed by atoms with E-state index in [1.165, 1.54) is 0 Å². The minimum absolute atomic E-state index is 0.0144. The van der Waals surface area contributed by atoms with Crippen LogP contribution in [0, 0.1) is 29.6 Å². The lowest BCUT2D eigenvalue weighted by atomic mass is 9.69. The molecule has 0 spiro atoms. The number of unbranched alkanes of at least 4 members (excludes halogenated alkanes) is 1. The predicted octanol–water partition coefficient (Wildman–Crippen LogP) is 1.32. The number of amides is 3. The number of carbonyl (C=O) groups excluding carboxylic acids is 3. The fourth-order valence-corrected chi connectivity index (χ4v) is 4.83. The molecule has 0 radical (unpaired) electrons. The van der Waals surface area contributed by atoms with E-state index in [2.05, 4.69) is 17.6 Å². The van der Waals surface area contributed by atoms with Crippen molar-refractivity contribution in [2.45, 2.75) is 59.0 Å². The highest BCUT2D eigenvalue weighted by atomic mass is 16.3. The first-order chi connectivity index (χ1) is 13.8. The molecule has 0 aromatic heterocycles. The number of hydrogen-bond acceptors (Lipinski definition) is 4. The normalized spacial score (nSPS) is 29.7. The average Bonchev–Trinajstić information content (AvgIpc) is 2.99. The van der Waals surface area contributed by atoms with Crippen molar-refractivity contribution in [3.63, 3.8) is 0 Å². The number of aliphatic hydroxyl groups excluding tert-OH is 1. The lowest BCUT2D eigenvalue weighted by molar-refractivity contribution is -0.144. The number of carbonyl (C=O) groups is 3. The summed E-state index contributed by atoms with van der Waals surface area (Å²) in [6.45, 7) is 8.26. The minimum atomic E-state index is -0.704. The number of hydrogen-bond donors (Lipinski definition) is 3. The largest absolute Gasteiger partial charge is 0.394 e. The molecule has 29 heavy (non-hydrogen) atoms. The van der Waals surface area contributed by atoms with E-state index >= 15 is 0 Å². The highest BCUT2D eigenvalue weighted by Crippen LogP contribution is 2.46. The zero-order chi connectivity index (χ0) is 21.7. The van der Waals surface area contributed by atoms with Crippen molar-refractivity contribution in [1.82, 2.24) is 15.5 Å².